The van der Waals surface area contributed by atoms with Crippen molar-refractivity contribution in [3.05, 3.63) is 71.8 Å². The summed E-state index contributed by atoms with van der Waals surface area (Å²) in [6.45, 7) is 5.48. The van der Waals surface area contributed by atoms with Crippen LogP contribution in [0.15, 0.2) is 60.7 Å². The number of piperidine rings is 1. The van der Waals surface area contributed by atoms with E-state index in [4.69, 9.17) is 0 Å². The number of nitrogens with zero attached hydrogens (tertiary/aromatic N) is 1. The Morgan fingerprint density at radius 2 is 1.36 bits per heavy atom. The minimum atomic E-state index is -1.34. The van der Waals surface area contributed by atoms with Crippen molar-refractivity contribution >= 4 is 17.7 Å². The first-order valence-electron chi connectivity index (χ1n) is 13.3. The molecule has 5 nitrogen and oxygen atoms in total. The van der Waals surface area contributed by atoms with Crippen LogP contribution >= 0.6 is 0 Å². The summed E-state index contributed by atoms with van der Waals surface area (Å²) in [4.78, 5) is 41.0. The van der Waals surface area contributed by atoms with Crippen molar-refractivity contribution in [2.75, 3.05) is 6.54 Å². The molecule has 1 aliphatic rings. The van der Waals surface area contributed by atoms with Crippen molar-refractivity contribution in [1.82, 2.24) is 4.90 Å². The number of hydrogen-bond acceptors (Lipinski definition) is 3. The molecule has 36 heavy (non-hydrogen) atoms. The first-order valence-corrected chi connectivity index (χ1v) is 13.3. The molecular weight excluding hydrogens is 450 g/mol. The maximum atomic E-state index is 13.5. The molecular formula is C31H41NO4. The van der Waals surface area contributed by atoms with Crippen molar-refractivity contribution < 1.29 is 19.5 Å². The summed E-state index contributed by atoms with van der Waals surface area (Å²) in [5, 5.41) is 10.7. The van der Waals surface area contributed by atoms with E-state index in [1.165, 1.54) is 16.0 Å². The van der Waals surface area contributed by atoms with E-state index in [9.17, 15) is 19.5 Å². The van der Waals surface area contributed by atoms with Crippen molar-refractivity contribution in [2.45, 2.75) is 84.1 Å². The molecule has 1 unspecified atom stereocenters. The number of aliphatic carboxylic acids is 1. The number of carbonyl (C=O) groups excluding carboxylic acids is 2. The second-order valence-electron chi connectivity index (χ2n) is 11.2. The average Bonchev–Trinajstić information content (AvgIpc) is 2.87. The molecule has 1 N–H and O–H groups in total. The molecule has 0 spiro atoms. The first kappa shape index (κ1) is 27.6. The van der Waals surface area contributed by atoms with E-state index in [0.717, 1.165) is 38.5 Å². The third-order valence-electron chi connectivity index (χ3n) is 7.56. The molecule has 2 aromatic rings. The Morgan fingerprint density at radius 3 is 1.81 bits per heavy atom. The van der Waals surface area contributed by atoms with Gasteiger partial charge in [0.2, 0.25) is 5.78 Å². The Hall–Kier alpha value is -2.95. The zero-order valence-electron chi connectivity index (χ0n) is 22.0. The van der Waals surface area contributed by atoms with Crippen molar-refractivity contribution in [1.29, 1.82) is 0 Å². The van der Waals surface area contributed by atoms with Gasteiger partial charge in [-0.05, 0) is 74.8 Å². The van der Waals surface area contributed by atoms with Crippen LogP contribution in [0, 0.1) is 11.3 Å². The summed E-state index contributed by atoms with van der Waals surface area (Å²) >= 11 is 0. The number of benzene rings is 2. The van der Waals surface area contributed by atoms with Crippen molar-refractivity contribution in [2.24, 2.45) is 11.3 Å². The molecule has 2 aromatic carbocycles. The van der Waals surface area contributed by atoms with Gasteiger partial charge in [-0.3, -0.25) is 9.59 Å². The van der Waals surface area contributed by atoms with Crippen LogP contribution in [0.1, 0.15) is 76.8 Å². The number of ketones is 1. The predicted molar refractivity (Wildman–Crippen MR) is 143 cm³/mol. The van der Waals surface area contributed by atoms with E-state index >= 15 is 0 Å². The largest absolute Gasteiger partial charge is 0.479 e. The van der Waals surface area contributed by atoms with Gasteiger partial charge in [-0.15, -0.1) is 0 Å². The molecule has 0 aromatic heterocycles. The van der Waals surface area contributed by atoms with Crippen LogP contribution in [0.5, 0.6) is 0 Å². The van der Waals surface area contributed by atoms with Gasteiger partial charge >= 0.3 is 5.97 Å². The zero-order valence-corrected chi connectivity index (χ0v) is 22.0. The fourth-order valence-electron chi connectivity index (χ4n) is 5.56. The fraction of sp³-hybridized carbons (Fsp3) is 0.516. The Balaban J connectivity index is 1.88. The number of Topliss-reactive ketones (excluding diaryl/α,β-unsaturated/α-hetero) is 1. The molecule has 1 saturated heterocycles. The molecule has 1 aliphatic heterocycles. The third-order valence-corrected chi connectivity index (χ3v) is 7.56. The molecule has 1 heterocycles. The third kappa shape index (κ3) is 6.63. The minimum Gasteiger partial charge on any atom is -0.479 e. The molecule has 1 atom stereocenters. The molecule has 3 rings (SSSR count). The van der Waals surface area contributed by atoms with Gasteiger partial charge in [0, 0.05) is 12.0 Å². The van der Waals surface area contributed by atoms with E-state index in [1.807, 2.05) is 36.4 Å². The summed E-state index contributed by atoms with van der Waals surface area (Å²) in [5.41, 5.74) is 0.257. The number of carboxylic acids is 1. The lowest BCUT2D eigenvalue weighted by Crippen LogP contribution is -2.65. The summed E-state index contributed by atoms with van der Waals surface area (Å²) in [6.07, 6.45) is 6.65. The van der Waals surface area contributed by atoms with Crippen molar-refractivity contribution in [3.8, 4) is 0 Å². The molecule has 0 radical (unpaired) electrons. The lowest BCUT2D eigenvalue weighted by atomic mass is 9.70. The maximum absolute atomic E-state index is 13.5. The highest BCUT2D eigenvalue weighted by atomic mass is 16.4. The fourth-order valence-corrected chi connectivity index (χ4v) is 5.56. The monoisotopic (exact) mass is 491 g/mol. The predicted octanol–water partition coefficient (Wildman–Crippen LogP) is 6.10. The lowest BCUT2D eigenvalue weighted by molar-refractivity contribution is -0.171. The number of carboxylic acid groups (broad SMARTS) is 1. The highest BCUT2D eigenvalue weighted by molar-refractivity contribution is 6.38. The Morgan fingerprint density at radius 1 is 0.861 bits per heavy atom. The van der Waals surface area contributed by atoms with Crippen LogP contribution in [0.4, 0.5) is 0 Å². The summed E-state index contributed by atoms with van der Waals surface area (Å²) < 4.78 is 0. The van der Waals surface area contributed by atoms with Crippen LogP contribution in [0.3, 0.4) is 0 Å². The van der Waals surface area contributed by atoms with E-state index in [2.05, 4.69) is 24.3 Å². The Bertz CT molecular complexity index is 966. The van der Waals surface area contributed by atoms with Gasteiger partial charge < -0.3 is 10.0 Å². The molecule has 194 valence electrons. The van der Waals surface area contributed by atoms with Gasteiger partial charge in [-0.1, -0.05) is 81.4 Å². The standard InChI is InChI=1S/C31H41NO4/c1-30(2,3)27(33)28(34)32-23-11-10-22-31(32,29(35)36)26(20-12-18-24-14-6-4-7-15-24)21-13-19-25-16-8-5-9-17-25/h4-9,14-17,26H,10-13,18-23H2,1-3H3,(H,35,36). The second kappa shape index (κ2) is 12.3. The first-order chi connectivity index (χ1) is 17.2. The molecule has 0 aliphatic carbocycles. The summed E-state index contributed by atoms with van der Waals surface area (Å²) in [5.74, 6) is -2.34. The van der Waals surface area contributed by atoms with Crippen LogP contribution in [0.2, 0.25) is 0 Å². The van der Waals surface area contributed by atoms with Gasteiger partial charge in [0.25, 0.3) is 5.91 Å². The molecule has 1 amide bonds. The second-order valence-corrected chi connectivity index (χ2v) is 11.2. The van der Waals surface area contributed by atoms with Crippen LogP contribution in [0.25, 0.3) is 0 Å². The van der Waals surface area contributed by atoms with E-state index in [1.54, 1.807) is 20.8 Å². The van der Waals surface area contributed by atoms with E-state index in [0.29, 0.717) is 25.8 Å². The molecule has 1 fully saturated rings. The van der Waals surface area contributed by atoms with Crippen LogP contribution < -0.4 is 0 Å². The normalized spacial score (nSPS) is 18.3. The van der Waals surface area contributed by atoms with Crippen LogP contribution in [-0.2, 0) is 27.2 Å². The number of hydrogen-bond donors (Lipinski definition) is 1. The zero-order chi connectivity index (χ0) is 26.2. The van der Waals surface area contributed by atoms with Gasteiger partial charge in [-0.25, -0.2) is 4.79 Å². The SMILES string of the molecule is CC(C)(C)C(=O)C(=O)N1CCCCC1(C(=O)O)C(CCCc1ccccc1)CCCc1ccccc1. The lowest BCUT2D eigenvalue weighted by Gasteiger charge is -2.49. The van der Waals surface area contributed by atoms with Crippen LogP contribution in [-0.4, -0.2) is 39.7 Å². The topological polar surface area (TPSA) is 74.7 Å². The van der Waals surface area contributed by atoms with Gasteiger partial charge in [0.05, 0.1) is 0 Å². The maximum Gasteiger partial charge on any atom is 0.329 e. The highest BCUT2D eigenvalue weighted by Gasteiger charge is 2.54. The van der Waals surface area contributed by atoms with Gasteiger partial charge in [0.15, 0.2) is 0 Å². The average molecular weight is 492 g/mol. The number of carbonyl (C=O) groups is 3. The summed E-state index contributed by atoms with van der Waals surface area (Å²) in [7, 11) is 0. The van der Waals surface area contributed by atoms with Gasteiger partial charge in [0.1, 0.15) is 5.54 Å². The number of rotatable bonds is 11. The highest BCUT2D eigenvalue weighted by Crippen LogP contribution is 2.41. The van der Waals surface area contributed by atoms with Crippen molar-refractivity contribution in [3.63, 3.8) is 0 Å². The molecule has 0 bridgehead atoms. The van der Waals surface area contributed by atoms with Gasteiger partial charge in [-0.2, -0.15) is 0 Å². The number of amides is 1. The quantitative estimate of drug-likeness (QED) is 0.386. The Kier molecular flexibility index (Phi) is 9.47. The molecule has 0 saturated carbocycles. The Labute approximate surface area is 215 Å². The summed E-state index contributed by atoms with van der Waals surface area (Å²) in [6, 6.07) is 20.4. The minimum absolute atomic E-state index is 0.223. The van der Waals surface area contributed by atoms with E-state index in [-0.39, 0.29) is 5.92 Å². The molecule has 5 heteroatoms. The number of aryl methyl sites for hydroxylation is 2. The smallest absolute Gasteiger partial charge is 0.329 e. The van der Waals surface area contributed by atoms with E-state index < -0.39 is 28.6 Å². The number of likely N-dealkylation sites (tertiary alicyclic amines) is 1.